The summed E-state index contributed by atoms with van der Waals surface area (Å²) in [6, 6.07) is 5.49. The number of nitrogens with one attached hydrogen (secondary N) is 1. The van der Waals surface area contributed by atoms with E-state index in [1.54, 1.807) is 19.1 Å². The molecule has 1 N–H and O–H groups in total. The molecule has 9 heteroatoms. The van der Waals surface area contributed by atoms with Crippen LogP contribution in [0.4, 0.5) is 4.79 Å². The van der Waals surface area contributed by atoms with Crippen LogP contribution < -0.4 is 5.32 Å². The first-order valence-electron chi connectivity index (χ1n) is 7.52. The Balaban J connectivity index is 1.91. The highest BCUT2D eigenvalue weighted by molar-refractivity contribution is 6.42. The van der Waals surface area contributed by atoms with E-state index >= 15 is 0 Å². The highest BCUT2D eigenvalue weighted by atomic mass is 35.5. The number of methoxy groups -OCH3 is 1. The van der Waals surface area contributed by atoms with Crippen molar-refractivity contribution in [2.75, 3.05) is 7.11 Å². The number of imide groups is 1. The lowest BCUT2D eigenvalue weighted by molar-refractivity contribution is -0.131. The summed E-state index contributed by atoms with van der Waals surface area (Å²) in [7, 11) is 1.23. The van der Waals surface area contributed by atoms with E-state index in [0.717, 1.165) is 4.90 Å². The van der Waals surface area contributed by atoms with Gasteiger partial charge >= 0.3 is 12.0 Å². The van der Waals surface area contributed by atoms with Crippen LogP contribution in [0.25, 0.3) is 0 Å². The molecular weight excluding hydrogens is 383 g/mol. The van der Waals surface area contributed by atoms with Gasteiger partial charge < -0.3 is 14.5 Å². The van der Waals surface area contributed by atoms with Crippen molar-refractivity contribution in [3.63, 3.8) is 0 Å². The van der Waals surface area contributed by atoms with Crippen LogP contribution in [-0.2, 0) is 21.6 Å². The summed E-state index contributed by atoms with van der Waals surface area (Å²) < 4.78 is 9.90. The molecule has 1 aliphatic rings. The smallest absolute Gasteiger partial charge is 0.341 e. The minimum absolute atomic E-state index is 0.149. The van der Waals surface area contributed by atoms with E-state index in [0.29, 0.717) is 10.6 Å². The molecule has 0 aliphatic carbocycles. The summed E-state index contributed by atoms with van der Waals surface area (Å²) in [4.78, 5) is 38.0. The second-order valence-electron chi connectivity index (χ2n) is 5.82. The number of nitrogens with zero attached hydrogens (tertiary/aromatic N) is 1. The Hall–Kier alpha value is -2.51. The molecule has 1 aromatic heterocycles. The monoisotopic (exact) mass is 396 g/mol. The molecule has 3 rings (SSSR count). The first-order chi connectivity index (χ1) is 12.3. The van der Waals surface area contributed by atoms with Crippen LogP contribution >= 0.6 is 23.2 Å². The third-order valence-electron chi connectivity index (χ3n) is 4.22. The molecule has 3 amide bonds. The molecule has 1 unspecified atom stereocenters. The Labute approximate surface area is 158 Å². The third kappa shape index (κ3) is 2.93. The molecule has 1 atom stereocenters. The maximum absolute atomic E-state index is 12.9. The van der Waals surface area contributed by atoms with Gasteiger partial charge in [0.05, 0.1) is 30.0 Å². The molecule has 1 aliphatic heterocycles. The van der Waals surface area contributed by atoms with Crippen molar-refractivity contribution in [2.45, 2.75) is 19.0 Å². The van der Waals surface area contributed by atoms with Crippen molar-refractivity contribution < 1.29 is 23.5 Å². The van der Waals surface area contributed by atoms with Crippen molar-refractivity contribution in [1.29, 1.82) is 0 Å². The Morgan fingerprint density at radius 1 is 1.27 bits per heavy atom. The molecule has 26 heavy (non-hydrogen) atoms. The average Bonchev–Trinajstić information content (AvgIpc) is 3.16. The van der Waals surface area contributed by atoms with E-state index < -0.39 is 23.4 Å². The van der Waals surface area contributed by atoms with E-state index in [-0.39, 0.29) is 22.9 Å². The summed E-state index contributed by atoms with van der Waals surface area (Å²) in [6.07, 6.45) is 1.29. The third-order valence-corrected chi connectivity index (χ3v) is 4.96. The fraction of sp³-hybridized carbons (Fsp3) is 0.235. The Bertz CT molecular complexity index is 910. The highest BCUT2D eigenvalue weighted by Gasteiger charge is 2.49. The first-order valence-corrected chi connectivity index (χ1v) is 8.28. The molecule has 0 bridgehead atoms. The number of amides is 3. The van der Waals surface area contributed by atoms with Crippen LogP contribution in [0, 0.1) is 0 Å². The zero-order chi connectivity index (χ0) is 19.1. The second kappa shape index (κ2) is 6.66. The average molecular weight is 397 g/mol. The molecule has 1 fully saturated rings. The van der Waals surface area contributed by atoms with Gasteiger partial charge in [0.2, 0.25) is 0 Å². The topological polar surface area (TPSA) is 88.8 Å². The molecular formula is C17H14Cl2N2O5. The molecule has 1 saturated heterocycles. The minimum Gasteiger partial charge on any atom is -0.467 e. The number of halogens is 2. The number of esters is 1. The van der Waals surface area contributed by atoms with Crippen molar-refractivity contribution in [3.05, 3.63) is 57.5 Å². The van der Waals surface area contributed by atoms with Crippen molar-refractivity contribution >= 4 is 41.1 Å². The van der Waals surface area contributed by atoms with Crippen molar-refractivity contribution in [2.24, 2.45) is 0 Å². The number of hydrogen-bond donors (Lipinski definition) is 1. The Kier molecular flexibility index (Phi) is 4.68. The van der Waals surface area contributed by atoms with E-state index in [1.165, 1.54) is 25.5 Å². The van der Waals surface area contributed by atoms with Crippen LogP contribution in [0.2, 0.25) is 10.0 Å². The molecule has 136 valence electrons. The summed E-state index contributed by atoms with van der Waals surface area (Å²) in [5.41, 5.74) is -0.680. The van der Waals surface area contributed by atoms with Gasteiger partial charge in [0.25, 0.3) is 5.91 Å². The summed E-state index contributed by atoms with van der Waals surface area (Å²) in [5, 5.41) is 3.25. The zero-order valence-electron chi connectivity index (χ0n) is 13.8. The molecule has 1 aromatic carbocycles. The number of furan rings is 1. The minimum atomic E-state index is -1.32. The summed E-state index contributed by atoms with van der Waals surface area (Å²) >= 11 is 11.9. The number of hydrogen-bond acceptors (Lipinski definition) is 5. The van der Waals surface area contributed by atoms with E-state index in [9.17, 15) is 14.4 Å². The Morgan fingerprint density at radius 3 is 2.65 bits per heavy atom. The summed E-state index contributed by atoms with van der Waals surface area (Å²) in [6.45, 7) is 1.36. The quantitative estimate of drug-likeness (QED) is 0.632. The van der Waals surface area contributed by atoms with Gasteiger partial charge in [-0.2, -0.15) is 0 Å². The van der Waals surface area contributed by atoms with Gasteiger partial charge in [0.1, 0.15) is 16.9 Å². The highest BCUT2D eigenvalue weighted by Crippen LogP contribution is 2.33. The number of rotatable bonds is 4. The van der Waals surface area contributed by atoms with Crippen LogP contribution in [0.3, 0.4) is 0 Å². The zero-order valence-corrected chi connectivity index (χ0v) is 15.4. The fourth-order valence-electron chi connectivity index (χ4n) is 2.74. The molecule has 0 saturated carbocycles. The molecule has 7 nitrogen and oxygen atoms in total. The van der Waals surface area contributed by atoms with Gasteiger partial charge in [-0.25, -0.2) is 9.59 Å². The number of benzene rings is 1. The fourth-order valence-corrected chi connectivity index (χ4v) is 3.04. The lowest BCUT2D eigenvalue weighted by Crippen LogP contribution is -2.40. The SMILES string of the molecule is COC(=O)c1ccoc1CN1C(=O)NC(C)(c2ccc(Cl)c(Cl)c2)C1=O. The van der Waals surface area contributed by atoms with Crippen molar-refractivity contribution in [3.8, 4) is 0 Å². The lowest BCUT2D eigenvalue weighted by atomic mass is 9.92. The second-order valence-corrected chi connectivity index (χ2v) is 6.64. The van der Waals surface area contributed by atoms with E-state index in [1.807, 2.05) is 0 Å². The van der Waals surface area contributed by atoms with Crippen LogP contribution in [-0.4, -0.2) is 29.9 Å². The maximum Gasteiger partial charge on any atom is 0.341 e. The van der Waals surface area contributed by atoms with Crippen molar-refractivity contribution in [1.82, 2.24) is 10.2 Å². The molecule has 0 spiro atoms. The number of ether oxygens (including phenoxy) is 1. The molecule has 2 heterocycles. The van der Waals surface area contributed by atoms with Gasteiger partial charge in [-0.3, -0.25) is 9.69 Å². The predicted molar refractivity (Wildman–Crippen MR) is 92.9 cm³/mol. The lowest BCUT2D eigenvalue weighted by Gasteiger charge is -2.22. The van der Waals surface area contributed by atoms with E-state index in [4.69, 9.17) is 27.6 Å². The standard InChI is InChI=1S/C17H14Cl2N2O5/c1-17(9-3-4-11(18)12(19)7-9)15(23)21(16(24)20-17)8-13-10(5-6-26-13)14(22)25-2/h3-7H,8H2,1-2H3,(H,20,24). The number of carbonyl (C=O) groups excluding carboxylic acids is 3. The van der Waals surface area contributed by atoms with Gasteiger partial charge in [-0.1, -0.05) is 29.3 Å². The molecule has 0 radical (unpaired) electrons. The van der Waals surface area contributed by atoms with Crippen LogP contribution in [0.1, 0.15) is 28.6 Å². The Morgan fingerprint density at radius 2 is 2.00 bits per heavy atom. The van der Waals surface area contributed by atoms with Gasteiger partial charge in [-0.15, -0.1) is 0 Å². The van der Waals surface area contributed by atoms with E-state index in [2.05, 4.69) is 10.1 Å². The van der Waals surface area contributed by atoms with Crippen LogP contribution in [0.5, 0.6) is 0 Å². The molecule has 2 aromatic rings. The van der Waals surface area contributed by atoms with Gasteiger partial charge in [0, 0.05) is 0 Å². The predicted octanol–water partition coefficient (Wildman–Crippen LogP) is 3.34. The van der Waals surface area contributed by atoms with Gasteiger partial charge in [-0.05, 0) is 30.7 Å². The maximum atomic E-state index is 12.9. The first kappa shape index (κ1) is 18.3. The normalized spacial score (nSPS) is 19.6. The van der Waals surface area contributed by atoms with Gasteiger partial charge in [0.15, 0.2) is 0 Å². The number of carbonyl (C=O) groups is 3. The number of urea groups is 1. The largest absolute Gasteiger partial charge is 0.467 e. The van der Waals surface area contributed by atoms with Crippen LogP contribution in [0.15, 0.2) is 34.9 Å². The summed E-state index contributed by atoms with van der Waals surface area (Å²) in [5.74, 6) is -0.972.